The van der Waals surface area contributed by atoms with Crippen LogP contribution in [0.1, 0.15) is 25.1 Å². The van der Waals surface area contributed by atoms with E-state index < -0.39 is 6.43 Å². The number of alkyl halides is 2. The monoisotopic (exact) mass is 535 g/mol. The lowest BCUT2D eigenvalue weighted by molar-refractivity contribution is 0.122. The minimum atomic E-state index is -2.76. The summed E-state index contributed by atoms with van der Waals surface area (Å²) in [6.45, 7) is 5.00. The summed E-state index contributed by atoms with van der Waals surface area (Å²) in [5.41, 5.74) is 2.18. The van der Waals surface area contributed by atoms with E-state index in [-0.39, 0.29) is 11.6 Å². The van der Waals surface area contributed by atoms with Crippen molar-refractivity contribution in [2.75, 3.05) is 61.1 Å². The molecule has 2 fully saturated rings. The lowest BCUT2D eigenvalue weighted by atomic mass is 9.96. The summed E-state index contributed by atoms with van der Waals surface area (Å²) < 4.78 is 35.1. The van der Waals surface area contributed by atoms with Crippen LogP contribution in [-0.2, 0) is 4.74 Å². The number of para-hydroxylation sites is 2. The van der Waals surface area contributed by atoms with Crippen LogP contribution in [0.2, 0.25) is 0 Å². The molecule has 0 amide bonds. The van der Waals surface area contributed by atoms with Gasteiger partial charge < -0.3 is 25.0 Å². The standard InChI is InChI=1S/C28H31F2N7O2/c29-26(30)27-32-22-3-1-2-4-23(22)37(27)25-17-24(36-13-15-39-16-14-36)33-28(34-25)31-18-19-9-11-35(12-10-19)20-5-7-21(38)8-6-20/h1-8,17,19,26,38H,9-16,18H2,(H,31,33,34). The molecule has 4 heterocycles. The maximum atomic E-state index is 14.1. The van der Waals surface area contributed by atoms with Gasteiger partial charge in [-0.15, -0.1) is 0 Å². The summed E-state index contributed by atoms with van der Waals surface area (Å²) in [5.74, 6) is 1.79. The molecule has 2 saturated heterocycles. The number of aromatic hydroxyl groups is 1. The number of imidazole rings is 1. The predicted molar refractivity (Wildman–Crippen MR) is 146 cm³/mol. The van der Waals surface area contributed by atoms with Gasteiger partial charge in [-0.25, -0.2) is 13.8 Å². The number of benzene rings is 2. The third-order valence-electron chi connectivity index (χ3n) is 7.42. The van der Waals surface area contributed by atoms with Gasteiger partial charge in [0.1, 0.15) is 17.4 Å². The Kier molecular flexibility index (Phi) is 7.14. The fourth-order valence-electron chi connectivity index (χ4n) is 5.30. The topological polar surface area (TPSA) is 91.6 Å². The van der Waals surface area contributed by atoms with Crippen molar-refractivity contribution in [3.63, 3.8) is 0 Å². The van der Waals surface area contributed by atoms with Crippen molar-refractivity contribution in [1.29, 1.82) is 0 Å². The van der Waals surface area contributed by atoms with E-state index in [1.807, 2.05) is 18.2 Å². The Bertz CT molecular complexity index is 1420. The van der Waals surface area contributed by atoms with Gasteiger partial charge in [0, 0.05) is 44.5 Å². The lowest BCUT2D eigenvalue weighted by Gasteiger charge is -2.33. The van der Waals surface area contributed by atoms with E-state index in [2.05, 4.69) is 20.1 Å². The van der Waals surface area contributed by atoms with Gasteiger partial charge >= 0.3 is 0 Å². The molecule has 9 nitrogen and oxygen atoms in total. The average molecular weight is 536 g/mol. The maximum Gasteiger partial charge on any atom is 0.296 e. The van der Waals surface area contributed by atoms with Crippen LogP contribution in [0, 0.1) is 5.92 Å². The molecule has 39 heavy (non-hydrogen) atoms. The average Bonchev–Trinajstić information content (AvgIpc) is 3.37. The highest BCUT2D eigenvalue weighted by molar-refractivity contribution is 5.78. The van der Waals surface area contributed by atoms with Crippen LogP contribution in [0.25, 0.3) is 16.9 Å². The fourth-order valence-corrected chi connectivity index (χ4v) is 5.30. The Morgan fingerprint density at radius 2 is 1.62 bits per heavy atom. The number of ether oxygens (including phenoxy) is 1. The number of fused-ring (bicyclic) bond motifs is 1. The number of morpholine rings is 1. The highest BCUT2D eigenvalue weighted by atomic mass is 19.3. The van der Waals surface area contributed by atoms with Crippen LogP contribution in [0.3, 0.4) is 0 Å². The summed E-state index contributed by atoms with van der Waals surface area (Å²) in [6, 6.07) is 16.2. The van der Waals surface area contributed by atoms with Gasteiger partial charge in [-0.2, -0.15) is 9.97 Å². The van der Waals surface area contributed by atoms with Crippen molar-refractivity contribution in [1.82, 2.24) is 19.5 Å². The summed E-state index contributed by atoms with van der Waals surface area (Å²) in [6.07, 6.45) is -0.772. The van der Waals surface area contributed by atoms with Crippen molar-refractivity contribution in [3.8, 4) is 11.6 Å². The molecule has 2 aliphatic rings. The molecule has 6 rings (SSSR count). The summed E-state index contributed by atoms with van der Waals surface area (Å²) in [4.78, 5) is 18.1. The number of phenols is 1. The van der Waals surface area contributed by atoms with Crippen LogP contribution >= 0.6 is 0 Å². The molecule has 2 aliphatic heterocycles. The lowest BCUT2D eigenvalue weighted by Crippen LogP contribution is -2.37. The van der Waals surface area contributed by atoms with Gasteiger partial charge in [-0.1, -0.05) is 12.1 Å². The van der Waals surface area contributed by atoms with E-state index in [1.54, 1.807) is 36.4 Å². The van der Waals surface area contributed by atoms with E-state index in [9.17, 15) is 13.9 Å². The zero-order chi connectivity index (χ0) is 26.8. The highest BCUT2D eigenvalue weighted by Gasteiger charge is 2.24. The smallest absolute Gasteiger partial charge is 0.296 e. The Labute approximate surface area is 225 Å². The van der Waals surface area contributed by atoms with Crippen LogP contribution in [-0.4, -0.2) is 70.6 Å². The largest absolute Gasteiger partial charge is 0.508 e. The van der Waals surface area contributed by atoms with Gasteiger partial charge in [0.05, 0.1) is 24.2 Å². The molecule has 0 unspecified atom stereocenters. The number of anilines is 3. The van der Waals surface area contributed by atoms with Crippen LogP contribution in [0.5, 0.6) is 5.75 Å². The molecule has 0 atom stereocenters. The SMILES string of the molecule is Oc1ccc(N2CCC(CNc3nc(N4CCOCC4)cc(-n4c(C(F)F)nc5ccccc54)n3)CC2)cc1. The first-order valence-corrected chi connectivity index (χ1v) is 13.3. The molecule has 2 aromatic heterocycles. The first kappa shape index (κ1) is 25.3. The zero-order valence-corrected chi connectivity index (χ0v) is 21.5. The molecule has 2 N–H and O–H groups in total. The molecular formula is C28H31F2N7O2. The maximum absolute atomic E-state index is 14.1. The molecule has 0 spiro atoms. The quantitative estimate of drug-likeness (QED) is 0.354. The van der Waals surface area contributed by atoms with Crippen LogP contribution in [0.4, 0.5) is 26.2 Å². The van der Waals surface area contributed by atoms with Crippen LogP contribution < -0.4 is 15.1 Å². The number of hydrogen-bond donors (Lipinski definition) is 2. The molecule has 0 bridgehead atoms. The number of nitrogens with one attached hydrogen (secondary N) is 1. The highest BCUT2D eigenvalue weighted by Crippen LogP contribution is 2.30. The van der Waals surface area contributed by atoms with E-state index in [0.29, 0.717) is 67.4 Å². The number of hydrogen-bond acceptors (Lipinski definition) is 8. The van der Waals surface area contributed by atoms with Crippen molar-refractivity contribution in [3.05, 3.63) is 60.4 Å². The summed E-state index contributed by atoms with van der Waals surface area (Å²) in [7, 11) is 0. The second-order valence-electron chi connectivity index (χ2n) is 9.93. The molecule has 0 saturated carbocycles. The second kappa shape index (κ2) is 11.0. The molecule has 204 valence electrons. The van der Waals surface area contributed by atoms with Crippen molar-refractivity contribution >= 4 is 28.5 Å². The van der Waals surface area contributed by atoms with Gasteiger partial charge in [-0.3, -0.25) is 4.57 Å². The van der Waals surface area contributed by atoms with Crippen molar-refractivity contribution in [2.45, 2.75) is 19.3 Å². The molecular weight excluding hydrogens is 504 g/mol. The minimum absolute atomic E-state index is 0.265. The number of piperidine rings is 1. The van der Waals surface area contributed by atoms with E-state index >= 15 is 0 Å². The number of nitrogens with zero attached hydrogens (tertiary/aromatic N) is 6. The first-order valence-electron chi connectivity index (χ1n) is 13.3. The Hall–Kier alpha value is -3.99. The van der Waals surface area contributed by atoms with Gasteiger partial charge in [0.25, 0.3) is 6.43 Å². The molecule has 0 aliphatic carbocycles. The predicted octanol–water partition coefficient (Wildman–Crippen LogP) is 4.62. The van der Waals surface area contributed by atoms with Gasteiger partial charge in [0.15, 0.2) is 5.82 Å². The normalized spacial score (nSPS) is 16.8. The number of aromatic nitrogens is 4. The summed E-state index contributed by atoms with van der Waals surface area (Å²) in [5, 5.41) is 13.0. The van der Waals surface area contributed by atoms with Gasteiger partial charge in [-0.05, 0) is 55.2 Å². The van der Waals surface area contributed by atoms with E-state index in [1.165, 1.54) is 4.57 Å². The van der Waals surface area contributed by atoms with Crippen LogP contribution in [0.15, 0.2) is 54.6 Å². The third kappa shape index (κ3) is 5.44. The molecule has 0 radical (unpaired) electrons. The number of phenolic OH excluding ortho intramolecular Hbond substituents is 1. The minimum Gasteiger partial charge on any atom is -0.508 e. The molecule has 2 aromatic carbocycles. The Balaban J connectivity index is 1.24. The van der Waals surface area contributed by atoms with Crippen molar-refractivity contribution < 1.29 is 18.6 Å². The molecule has 11 heteroatoms. The van der Waals surface area contributed by atoms with E-state index in [0.717, 1.165) is 31.6 Å². The fraction of sp³-hybridized carbons (Fsp3) is 0.393. The number of halogens is 2. The van der Waals surface area contributed by atoms with Crippen molar-refractivity contribution in [2.24, 2.45) is 5.92 Å². The number of rotatable bonds is 7. The van der Waals surface area contributed by atoms with Gasteiger partial charge in [0.2, 0.25) is 5.95 Å². The van der Waals surface area contributed by atoms with E-state index in [4.69, 9.17) is 14.7 Å². The molecule has 4 aromatic rings. The first-order chi connectivity index (χ1) is 19.0. The summed E-state index contributed by atoms with van der Waals surface area (Å²) >= 11 is 0. The Morgan fingerprint density at radius 1 is 0.897 bits per heavy atom. The zero-order valence-electron chi connectivity index (χ0n) is 21.5. The second-order valence-corrected chi connectivity index (χ2v) is 9.93. The Morgan fingerprint density at radius 3 is 2.36 bits per heavy atom. The third-order valence-corrected chi connectivity index (χ3v) is 7.42.